The maximum absolute atomic E-state index is 12.8. The predicted molar refractivity (Wildman–Crippen MR) is 127 cm³/mol. The molecule has 0 unspecified atom stereocenters. The molecule has 1 N–H and O–H groups in total. The van der Waals surface area contributed by atoms with Gasteiger partial charge in [-0.05, 0) is 47.5 Å². The van der Waals surface area contributed by atoms with Crippen LogP contribution in [-0.4, -0.2) is 20.6 Å². The fraction of sp³-hybridized carbons (Fsp3) is 0.174. The third-order valence-electron chi connectivity index (χ3n) is 4.85. The predicted octanol–water partition coefficient (Wildman–Crippen LogP) is 5.91. The number of nitrogens with one attached hydrogen (secondary N) is 1. The van der Waals surface area contributed by atoms with Gasteiger partial charge in [0.2, 0.25) is 10.0 Å². The van der Waals surface area contributed by atoms with E-state index in [-0.39, 0.29) is 34.4 Å². The van der Waals surface area contributed by atoms with Crippen molar-refractivity contribution in [1.29, 1.82) is 0 Å². The standard InChI is InChI=1S/C23H19Cl2F3N2O3S/c1-34(32,33)30(20-7-3-6-19(24)21(20)25)14-15-8-10-17(11-9-15)22(31)29-13-16-4-2-5-18(12-16)23(26,27)28/h2-12H,13-14H2,1H3,(H,29,31). The van der Waals surface area contributed by atoms with E-state index in [9.17, 15) is 26.4 Å². The molecule has 0 aromatic heterocycles. The molecule has 0 aliphatic heterocycles. The van der Waals surface area contributed by atoms with Crippen LogP contribution in [-0.2, 0) is 29.3 Å². The lowest BCUT2D eigenvalue weighted by molar-refractivity contribution is -0.137. The zero-order valence-electron chi connectivity index (χ0n) is 17.7. The van der Waals surface area contributed by atoms with Crippen molar-refractivity contribution in [2.45, 2.75) is 19.3 Å². The summed E-state index contributed by atoms with van der Waals surface area (Å²) in [6.45, 7) is -0.134. The Hall–Kier alpha value is -2.75. The van der Waals surface area contributed by atoms with Crippen LogP contribution in [0.4, 0.5) is 18.9 Å². The van der Waals surface area contributed by atoms with E-state index >= 15 is 0 Å². The number of halogens is 5. The quantitative estimate of drug-likeness (QED) is 0.413. The summed E-state index contributed by atoms with van der Waals surface area (Å²) >= 11 is 12.2. The van der Waals surface area contributed by atoms with Gasteiger partial charge < -0.3 is 5.32 Å². The van der Waals surface area contributed by atoms with Crippen molar-refractivity contribution in [2.75, 3.05) is 10.6 Å². The van der Waals surface area contributed by atoms with E-state index in [0.29, 0.717) is 11.1 Å². The molecule has 0 heterocycles. The van der Waals surface area contributed by atoms with E-state index in [4.69, 9.17) is 23.2 Å². The van der Waals surface area contributed by atoms with Crippen molar-refractivity contribution in [3.8, 4) is 0 Å². The lowest BCUT2D eigenvalue weighted by atomic mass is 10.1. The molecule has 0 bridgehead atoms. The summed E-state index contributed by atoms with van der Waals surface area (Å²) in [5.41, 5.74) is 0.582. The molecule has 0 atom stereocenters. The first kappa shape index (κ1) is 25.9. The van der Waals surface area contributed by atoms with E-state index in [2.05, 4.69) is 5.32 Å². The summed E-state index contributed by atoms with van der Waals surface area (Å²) in [7, 11) is -3.70. The maximum atomic E-state index is 12.8. The second kappa shape index (κ2) is 10.2. The van der Waals surface area contributed by atoms with Crippen LogP contribution in [0.5, 0.6) is 0 Å². The molecule has 0 saturated heterocycles. The Morgan fingerprint density at radius 1 is 0.971 bits per heavy atom. The van der Waals surface area contributed by atoms with Gasteiger partial charge in [0, 0.05) is 12.1 Å². The molecule has 0 saturated carbocycles. The van der Waals surface area contributed by atoms with Crippen molar-refractivity contribution in [1.82, 2.24) is 5.32 Å². The molecule has 0 radical (unpaired) electrons. The molecule has 11 heteroatoms. The first-order valence-corrected chi connectivity index (χ1v) is 12.4. The van der Waals surface area contributed by atoms with Crippen molar-refractivity contribution in [3.05, 3.63) is 99.0 Å². The van der Waals surface area contributed by atoms with Crippen LogP contribution < -0.4 is 9.62 Å². The zero-order chi connectivity index (χ0) is 25.1. The Kier molecular flexibility index (Phi) is 7.80. The van der Waals surface area contributed by atoms with Crippen LogP contribution in [0.1, 0.15) is 27.0 Å². The first-order valence-electron chi connectivity index (χ1n) is 9.81. The molecule has 5 nitrogen and oxygen atoms in total. The number of nitrogens with zero attached hydrogens (tertiary/aromatic N) is 1. The highest BCUT2D eigenvalue weighted by Crippen LogP contribution is 2.34. The van der Waals surface area contributed by atoms with Crippen molar-refractivity contribution in [3.63, 3.8) is 0 Å². The Labute approximate surface area is 205 Å². The van der Waals surface area contributed by atoms with Crippen LogP contribution in [0.25, 0.3) is 0 Å². The summed E-state index contributed by atoms with van der Waals surface area (Å²) in [5, 5.41) is 2.88. The fourth-order valence-corrected chi connectivity index (χ4v) is 4.48. The number of rotatable bonds is 7. The molecular formula is C23H19Cl2F3N2O3S. The minimum atomic E-state index is -4.47. The highest BCUT2D eigenvalue weighted by Gasteiger charge is 2.30. The number of carbonyl (C=O) groups is 1. The number of anilines is 1. The highest BCUT2D eigenvalue weighted by molar-refractivity contribution is 7.92. The topological polar surface area (TPSA) is 66.5 Å². The minimum Gasteiger partial charge on any atom is -0.348 e. The zero-order valence-corrected chi connectivity index (χ0v) is 20.1. The monoisotopic (exact) mass is 530 g/mol. The van der Waals surface area contributed by atoms with Gasteiger partial charge in [-0.1, -0.05) is 53.5 Å². The Bertz CT molecular complexity index is 1300. The highest BCUT2D eigenvalue weighted by atomic mass is 35.5. The number of hydrogen-bond acceptors (Lipinski definition) is 3. The van der Waals surface area contributed by atoms with Gasteiger partial charge in [-0.15, -0.1) is 0 Å². The molecule has 1 amide bonds. The number of sulfonamides is 1. The van der Waals surface area contributed by atoms with Crippen molar-refractivity contribution in [2.24, 2.45) is 0 Å². The van der Waals surface area contributed by atoms with Gasteiger partial charge in [0.1, 0.15) is 0 Å². The molecule has 3 aromatic rings. The normalized spacial score (nSPS) is 11.8. The second-order valence-corrected chi connectivity index (χ2v) is 10.1. The number of carbonyl (C=O) groups excluding carboxylic acids is 1. The molecule has 34 heavy (non-hydrogen) atoms. The fourth-order valence-electron chi connectivity index (χ4n) is 3.14. The number of benzene rings is 3. The molecule has 0 aliphatic rings. The second-order valence-electron chi connectivity index (χ2n) is 7.42. The summed E-state index contributed by atoms with van der Waals surface area (Å²) in [4.78, 5) is 12.4. The average Bonchev–Trinajstić information content (AvgIpc) is 2.77. The SMILES string of the molecule is CS(=O)(=O)N(Cc1ccc(C(=O)NCc2cccc(C(F)(F)F)c2)cc1)c1cccc(Cl)c1Cl. The third-order valence-corrected chi connectivity index (χ3v) is 6.79. The van der Waals surface area contributed by atoms with Gasteiger partial charge in [-0.25, -0.2) is 8.42 Å². The molecular weight excluding hydrogens is 512 g/mol. The Morgan fingerprint density at radius 2 is 1.62 bits per heavy atom. The number of alkyl halides is 3. The maximum Gasteiger partial charge on any atom is 0.416 e. The first-order chi connectivity index (χ1) is 15.9. The van der Waals surface area contributed by atoms with Gasteiger partial charge in [-0.2, -0.15) is 13.2 Å². The summed E-state index contributed by atoms with van der Waals surface area (Å²) in [6, 6.07) is 15.5. The van der Waals surface area contributed by atoms with Gasteiger partial charge >= 0.3 is 6.18 Å². The van der Waals surface area contributed by atoms with Crippen LogP contribution in [0.2, 0.25) is 10.0 Å². The van der Waals surface area contributed by atoms with Gasteiger partial charge in [-0.3, -0.25) is 9.10 Å². The van der Waals surface area contributed by atoms with E-state index in [1.165, 1.54) is 30.3 Å². The van der Waals surface area contributed by atoms with Gasteiger partial charge in [0.15, 0.2) is 0 Å². The average molecular weight is 531 g/mol. The summed E-state index contributed by atoms with van der Waals surface area (Å²) in [5.74, 6) is -0.484. The van der Waals surface area contributed by atoms with Crippen molar-refractivity contribution >= 4 is 44.8 Å². The Balaban J connectivity index is 1.71. The van der Waals surface area contributed by atoms with Crippen molar-refractivity contribution < 1.29 is 26.4 Å². The molecule has 0 fully saturated rings. The Morgan fingerprint density at radius 3 is 2.24 bits per heavy atom. The number of hydrogen-bond donors (Lipinski definition) is 1. The number of amides is 1. The van der Waals surface area contributed by atoms with E-state index in [1.54, 1.807) is 24.3 Å². The molecule has 0 aliphatic carbocycles. The van der Waals surface area contributed by atoms with E-state index in [0.717, 1.165) is 22.7 Å². The summed E-state index contributed by atoms with van der Waals surface area (Å²) < 4.78 is 64.4. The molecule has 3 rings (SSSR count). The van der Waals surface area contributed by atoms with Gasteiger partial charge in [0.05, 0.1) is 34.1 Å². The molecule has 3 aromatic carbocycles. The van der Waals surface area contributed by atoms with Crippen LogP contribution in [0.15, 0.2) is 66.7 Å². The van der Waals surface area contributed by atoms with Gasteiger partial charge in [0.25, 0.3) is 5.91 Å². The minimum absolute atomic E-state index is 0.0506. The van der Waals surface area contributed by atoms with Crippen LogP contribution >= 0.6 is 23.2 Å². The van der Waals surface area contributed by atoms with Crippen LogP contribution in [0, 0.1) is 0 Å². The summed E-state index contributed by atoms with van der Waals surface area (Å²) in [6.07, 6.45) is -3.43. The van der Waals surface area contributed by atoms with E-state index < -0.39 is 27.7 Å². The lowest BCUT2D eigenvalue weighted by Gasteiger charge is -2.24. The lowest BCUT2D eigenvalue weighted by Crippen LogP contribution is -2.29. The largest absolute Gasteiger partial charge is 0.416 e. The molecule has 0 spiro atoms. The van der Waals surface area contributed by atoms with E-state index in [1.807, 2.05) is 0 Å². The van der Waals surface area contributed by atoms with Crippen LogP contribution in [0.3, 0.4) is 0 Å². The third kappa shape index (κ3) is 6.43. The molecule has 180 valence electrons. The smallest absolute Gasteiger partial charge is 0.348 e.